The monoisotopic (exact) mass is 387 g/mol. The van der Waals surface area contributed by atoms with Crippen molar-refractivity contribution in [2.24, 2.45) is 0 Å². The standard InChI is InChI=1S/C20H19ClFN3O2/c1-11(2)18-23-17-10-14(21)7-8-16(17)20(27)25(18)24-19(26)12(3)13-5-4-6-15(22)9-13/h4-12H,1-3H3,(H,24,26). The van der Waals surface area contributed by atoms with Crippen molar-refractivity contribution < 1.29 is 9.18 Å². The van der Waals surface area contributed by atoms with Gasteiger partial charge in [-0.3, -0.25) is 15.0 Å². The maximum absolute atomic E-state index is 13.5. The lowest BCUT2D eigenvalue weighted by Gasteiger charge is -2.19. The number of benzene rings is 2. The Morgan fingerprint density at radius 3 is 2.59 bits per heavy atom. The van der Waals surface area contributed by atoms with E-state index < -0.39 is 17.6 Å². The lowest BCUT2D eigenvalue weighted by Crippen LogP contribution is -2.38. The van der Waals surface area contributed by atoms with Gasteiger partial charge in [-0.2, -0.15) is 0 Å². The van der Waals surface area contributed by atoms with E-state index >= 15 is 0 Å². The number of halogens is 2. The van der Waals surface area contributed by atoms with Gasteiger partial charge in [0, 0.05) is 10.9 Å². The number of nitrogens with one attached hydrogen (secondary N) is 1. The van der Waals surface area contributed by atoms with Gasteiger partial charge >= 0.3 is 0 Å². The summed E-state index contributed by atoms with van der Waals surface area (Å²) in [5, 5.41) is 0.827. The minimum atomic E-state index is -0.645. The van der Waals surface area contributed by atoms with E-state index in [-0.39, 0.29) is 11.5 Å². The Hall–Kier alpha value is -2.73. The molecule has 1 amide bonds. The van der Waals surface area contributed by atoms with Crippen LogP contribution in [0.5, 0.6) is 0 Å². The topological polar surface area (TPSA) is 64.0 Å². The second-order valence-electron chi connectivity index (χ2n) is 6.68. The van der Waals surface area contributed by atoms with Crippen LogP contribution < -0.4 is 11.0 Å². The lowest BCUT2D eigenvalue weighted by molar-refractivity contribution is -0.118. The lowest BCUT2D eigenvalue weighted by atomic mass is 10.0. The predicted molar refractivity (Wildman–Crippen MR) is 104 cm³/mol. The summed E-state index contributed by atoms with van der Waals surface area (Å²) in [5.41, 5.74) is 3.24. The Bertz CT molecular complexity index is 1080. The van der Waals surface area contributed by atoms with Crippen molar-refractivity contribution in [2.45, 2.75) is 32.6 Å². The summed E-state index contributed by atoms with van der Waals surface area (Å²) in [6, 6.07) is 10.6. The maximum Gasteiger partial charge on any atom is 0.280 e. The van der Waals surface area contributed by atoms with Gasteiger partial charge in [-0.1, -0.05) is 37.6 Å². The molecular formula is C20H19ClFN3O2. The minimum absolute atomic E-state index is 0.120. The number of hydrogen-bond acceptors (Lipinski definition) is 3. The van der Waals surface area contributed by atoms with Gasteiger partial charge in [0.1, 0.15) is 11.6 Å². The Morgan fingerprint density at radius 1 is 1.19 bits per heavy atom. The molecule has 5 nitrogen and oxygen atoms in total. The van der Waals surface area contributed by atoms with Gasteiger partial charge < -0.3 is 0 Å². The highest BCUT2D eigenvalue weighted by Gasteiger charge is 2.20. The van der Waals surface area contributed by atoms with Crippen LogP contribution in [0.15, 0.2) is 47.3 Å². The Morgan fingerprint density at radius 2 is 1.93 bits per heavy atom. The molecule has 0 radical (unpaired) electrons. The van der Waals surface area contributed by atoms with Crippen LogP contribution in [0.4, 0.5) is 4.39 Å². The van der Waals surface area contributed by atoms with Crippen molar-refractivity contribution in [3.63, 3.8) is 0 Å². The Labute approximate surface area is 160 Å². The summed E-state index contributed by atoms with van der Waals surface area (Å²) in [6.07, 6.45) is 0. The van der Waals surface area contributed by atoms with E-state index in [1.54, 1.807) is 37.3 Å². The number of carbonyl (C=O) groups excluding carboxylic acids is 1. The minimum Gasteiger partial charge on any atom is -0.273 e. The third-order valence-electron chi connectivity index (χ3n) is 4.34. The molecule has 7 heteroatoms. The molecule has 0 spiro atoms. The fourth-order valence-corrected chi connectivity index (χ4v) is 2.97. The van der Waals surface area contributed by atoms with Gasteiger partial charge in [-0.15, -0.1) is 0 Å². The number of hydrogen-bond donors (Lipinski definition) is 1. The van der Waals surface area contributed by atoms with Gasteiger partial charge in [-0.05, 0) is 42.8 Å². The molecule has 1 heterocycles. The number of carbonyl (C=O) groups is 1. The van der Waals surface area contributed by atoms with E-state index in [2.05, 4.69) is 10.4 Å². The second kappa shape index (κ2) is 7.48. The molecule has 1 aromatic heterocycles. The first kappa shape index (κ1) is 19.0. The molecule has 1 N–H and O–H groups in total. The van der Waals surface area contributed by atoms with Crippen molar-refractivity contribution in [3.8, 4) is 0 Å². The van der Waals surface area contributed by atoms with E-state index in [0.29, 0.717) is 27.3 Å². The van der Waals surface area contributed by atoms with E-state index in [9.17, 15) is 14.0 Å². The average Bonchev–Trinajstić information content (AvgIpc) is 2.62. The van der Waals surface area contributed by atoms with Crippen molar-refractivity contribution >= 4 is 28.4 Å². The summed E-state index contributed by atoms with van der Waals surface area (Å²) in [6.45, 7) is 5.39. The van der Waals surface area contributed by atoms with Crippen LogP contribution in [0.2, 0.25) is 5.02 Å². The normalized spacial score (nSPS) is 12.4. The largest absolute Gasteiger partial charge is 0.280 e. The summed E-state index contributed by atoms with van der Waals surface area (Å²) in [7, 11) is 0. The Balaban J connectivity index is 2.04. The summed E-state index contributed by atoms with van der Waals surface area (Å²) in [4.78, 5) is 30.1. The molecule has 3 aromatic rings. The molecule has 0 aliphatic rings. The zero-order valence-corrected chi connectivity index (χ0v) is 15.9. The molecule has 0 bridgehead atoms. The van der Waals surface area contributed by atoms with Crippen molar-refractivity contribution in [2.75, 3.05) is 5.43 Å². The SMILES string of the molecule is CC(C)c1nc2cc(Cl)ccc2c(=O)n1NC(=O)C(C)c1cccc(F)c1. The van der Waals surface area contributed by atoms with Gasteiger partial charge in [0.2, 0.25) is 5.91 Å². The summed E-state index contributed by atoms with van der Waals surface area (Å²) in [5.74, 6) is -1.20. The number of rotatable bonds is 4. The van der Waals surface area contributed by atoms with Crippen LogP contribution in [-0.4, -0.2) is 15.6 Å². The zero-order chi connectivity index (χ0) is 19.7. The van der Waals surface area contributed by atoms with Crippen LogP contribution in [-0.2, 0) is 4.79 Å². The molecule has 3 rings (SSSR count). The molecule has 0 aliphatic carbocycles. The van der Waals surface area contributed by atoms with Crippen molar-refractivity contribution in [1.82, 2.24) is 9.66 Å². The first-order chi connectivity index (χ1) is 12.8. The number of aromatic nitrogens is 2. The first-order valence-electron chi connectivity index (χ1n) is 8.56. The summed E-state index contributed by atoms with van der Waals surface area (Å²) >= 11 is 6.00. The quantitative estimate of drug-likeness (QED) is 0.730. The number of fused-ring (bicyclic) bond motifs is 1. The molecule has 0 aliphatic heterocycles. The van der Waals surface area contributed by atoms with Crippen LogP contribution in [0.3, 0.4) is 0 Å². The smallest absolute Gasteiger partial charge is 0.273 e. The van der Waals surface area contributed by atoms with Crippen LogP contribution in [0, 0.1) is 5.82 Å². The molecule has 27 heavy (non-hydrogen) atoms. The third-order valence-corrected chi connectivity index (χ3v) is 4.57. The summed E-state index contributed by atoms with van der Waals surface area (Å²) < 4.78 is 14.6. The molecule has 0 saturated heterocycles. The van der Waals surface area contributed by atoms with Crippen LogP contribution >= 0.6 is 11.6 Å². The molecule has 140 valence electrons. The van der Waals surface area contributed by atoms with Gasteiger partial charge in [-0.25, -0.2) is 14.1 Å². The molecule has 0 fully saturated rings. The van der Waals surface area contributed by atoms with Gasteiger partial charge in [0.25, 0.3) is 5.56 Å². The van der Waals surface area contributed by atoms with Gasteiger partial charge in [0.15, 0.2) is 0 Å². The highest BCUT2D eigenvalue weighted by atomic mass is 35.5. The Kier molecular flexibility index (Phi) is 5.28. The first-order valence-corrected chi connectivity index (χ1v) is 8.94. The average molecular weight is 388 g/mol. The highest BCUT2D eigenvalue weighted by Crippen LogP contribution is 2.20. The third kappa shape index (κ3) is 3.85. The predicted octanol–water partition coefficient (Wildman–Crippen LogP) is 4.19. The van der Waals surface area contributed by atoms with E-state index in [0.717, 1.165) is 0 Å². The fraction of sp³-hybridized carbons (Fsp3) is 0.250. The number of nitrogens with zero attached hydrogens (tertiary/aromatic N) is 2. The molecular weight excluding hydrogens is 369 g/mol. The highest BCUT2D eigenvalue weighted by molar-refractivity contribution is 6.31. The number of amides is 1. The van der Waals surface area contributed by atoms with E-state index in [4.69, 9.17) is 11.6 Å². The molecule has 2 aromatic carbocycles. The fourth-order valence-electron chi connectivity index (χ4n) is 2.81. The maximum atomic E-state index is 13.5. The van der Waals surface area contributed by atoms with E-state index in [1.165, 1.54) is 16.8 Å². The van der Waals surface area contributed by atoms with Crippen LogP contribution in [0.25, 0.3) is 10.9 Å². The molecule has 1 unspecified atom stereocenters. The second-order valence-corrected chi connectivity index (χ2v) is 7.12. The zero-order valence-electron chi connectivity index (χ0n) is 15.2. The van der Waals surface area contributed by atoms with E-state index in [1.807, 2.05) is 13.8 Å². The molecule has 1 atom stereocenters. The van der Waals surface area contributed by atoms with Crippen molar-refractivity contribution in [1.29, 1.82) is 0 Å². The van der Waals surface area contributed by atoms with Crippen molar-refractivity contribution in [3.05, 3.63) is 75.0 Å². The molecule has 0 saturated carbocycles. The van der Waals surface area contributed by atoms with Gasteiger partial charge in [0.05, 0.1) is 16.8 Å². The van der Waals surface area contributed by atoms with Crippen LogP contribution in [0.1, 0.15) is 44.0 Å².